The number of phenolic OH excluding ortho intramolecular Hbond substituents is 1. The zero-order chi connectivity index (χ0) is 54.8. The molecular weight excluding hydrogens is 1020 g/mol. The lowest BCUT2D eigenvalue weighted by atomic mass is 9.81. The van der Waals surface area contributed by atoms with Crippen LogP contribution in [0, 0.1) is 11.8 Å². The number of phenols is 1. The first kappa shape index (κ1) is 58.3. The van der Waals surface area contributed by atoms with Gasteiger partial charge >= 0.3 is 5.97 Å². The van der Waals surface area contributed by atoms with Gasteiger partial charge in [0.25, 0.3) is 11.8 Å². The highest BCUT2D eigenvalue weighted by molar-refractivity contribution is 7.89. The predicted octanol–water partition coefficient (Wildman–Crippen LogP) is 5.75. The molecule has 4 aromatic rings. The molecule has 3 aliphatic rings. The van der Waals surface area contributed by atoms with E-state index in [0.29, 0.717) is 126 Å². The number of aromatic hydroxyl groups is 1. The van der Waals surface area contributed by atoms with Gasteiger partial charge < -0.3 is 68.6 Å². The number of nitrogens with zero attached hydrogens (tertiary/aromatic N) is 2. The number of aromatic nitrogens is 1. The van der Waals surface area contributed by atoms with Gasteiger partial charge in [-0.2, -0.15) is 4.31 Å². The van der Waals surface area contributed by atoms with E-state index in [2.05, 4.69) is 27.8 Å². The first-order valence-electron chi connectivity index (χ1n) is 25.9. The maximum atomic E-state index is 13.5. The van der Waals surface area contributed by atoms with Crippen LogP contribution in [0.25, 0.3) is 10.9 Å². The van der Waals surface area contributed by atoms with Gasteiger partial charge in [-0.15, -0.1) is 0 Å². The van der Waals surface area contributed by atoms with Crippen LogP contribution < -0.4 is 20.8 Å². The van der Waals surface area contributed by atoms with Crippen LogP contribution in [0.3, 0.4) is 0 Å². The number of nitrogens with one attached hydrogen (secondary N) is 3. The second kappa shape index (κ2) is 28.3. The molecular formula is C55H71N5O16S. The summed E-state index contributed by atoms with van der Waals surface area (Å²) in [6, 6.07) is 14.4. The summed E-state index contributed by atoms with van der Waals surface area (Å²) < 4.78 is 73.8. The number of H-pyrrole nitrogens is 1. The van der Waals surface area contributed by atoms with Crippen molar-refractivity contribution in [3.63, 3.8) is 0 Å². The van der Waals surface area contributed by atoms with E-state index >= 15 is 0 Å². The number of allylic oxidation sites excluding steroid dienone is 3. The number of aromatic amines is 1. The molecule has 5 N–H and O–H groups in total. The Morgan fingerprint density at radius 2 is 1.38 bits per heavy atom. The molecule has 0 radical (unpaired) electrons. The molecule has 418 valence electrons. The number of hydrogen-bond donors (Lipinski definition) is 5. The fraction of sp³-hybridized carbons (Fsp3) is 0.491. The van der Waals surface area contributed by atoms with Gasteiger partial charge in [0.1, 0.15) is 31.1 Å². The number of amides is 2. The molecule has 2 aliphatic heterocycles. The minimum Gasteiger partial charge on any atom is -0.504 e. The van der Waals surface area contributed by atoms with Crippen molar-refractivity contribution in [1.29, 1.82) is 0 Å². The van der Waals surface area contributed by atoms with Crippen LogP contribution in [0.5, 0.6) is 11.5 Å². The third-order valence-corrected chi connectivity index (χ3v) is 15.1. The summed E-state index contributed by atoms with van der Waals surface area (Å²) in [6.45, 7) is 11.5. The highest BCUT2D eigenvalue weighted by Crippen LogP contribution is 2.39. The van der Waals surface area contributed by atoms with E-state index in [1.165, 1.54) is 34.8 Å². The minimum atomic E-state index is -3.78. The molecule has 3 aromatic carbocycles. The maximum absolute atomic E-state index is 13.5. The van der Waals surface area contributed by atoms with Crippen molar-refractivity contribution in [1.82, 2.24) is 14.2 Å². The van der Waals surface area contributed by atoms with E-state index in [-0.39, 0.29) is 53.3 Å². The highest BCUT2D eigenvalue weighted by Gasteiger charge is 2.34. The summed E-state index contributed by atoms with van der Waals surface area (Å²) in [5.74, 6) is -0.698. The Bertz CT molecular complexity index is 2880. The summed E-state index contributed by atoms with van der Waals surface area (Å²) in [7, 11) is -3.78. The molecule has 0 spiro atoms. The number of carboxylic acid groups (broad SMARTS) is 1. The molecule has 1 aliphatic carbocycles. The number of pyridine rings is 1. The summed E-state index contributed by atoms with van der Waals surface area (Å²) in [5, 5.41) is 26.0. The Balaban J connectivity index is 0.641. The van der Waals surface area contributed by atoms with Crippen molar-refractivity contribution in [2.24, 2.45) is 11.8 Å². The van der Waals surface area contributed by atoms with Crippen LogP contribution in [-0.4, -0.2) is 169 Å². The zero-order valence-corrected chi connectivity index (χ0v) is 44.7. The number of carbonyl (C=O) groups is 3. The molecule has 1 fully saturated rings. The number of para-hydroxylation sites is 1. The number of rotatable bonds is 30. The first-order chi connectivity index (χ1) is 37.1. The molecule has 7 rings (SSSR count). The Morgan fingerprint density at radius 3 is 1.96 bits per heavy atom. The van der Waals surface area contributed by atoms with Crippen molar-refractivity contribution in [2.75, 3.05) is 129 Å². The van der Waals surface area contributed by atoms with E-state index in [4.69, 9.17) is 43.0 Å². The number of ether oxygens (including phenoxy) is 8. The van der Waals surface area contributed by atoms with Crippen molar-refractivity contribution in [2.45, 2.75) is 50.3 Å². The van der Waals surface area contributed by atoms with Crippen molar-refractivity contribution in [3.8, 4) is 11.5 Å². The van der Waals surface area contributed by atoms with Crippen molar-refractivity contribution >= 4 is 50.1 Å². The van der Waals surface area contributed by atoms with Crippen molar-refractivity contribution in [3.05, 3.63) is 112 Å². The summed E-state index contributed by atoms with van der Waals surface area (Å²) in [6.07, 6.45) is 9.83. The Kier molecular flexibility index (Phi) is 21.4. The minimum absolute atomic E-state index is 0.0187. The number of carboxylic acids is 1. The molecule has 1 unspecified atom stereocenters. The summed E-state index contributed by atoms with van der Waals surface area (Å²) >= 11 is 0. The number of piperidine rings is 1. The van der Waals surface area contributed by atoms with E-state index in [1.54, 1.807) is 30.3 Å². The molecule has 0 saturated carbocycles. The van der Waals surface area contributed by atoms with Crippen LogP contribution in [0.4, 0.5) is 11.4 Å². The van der Waals surface area contributed by atoms with Crippen LogP contribution in [0.15, 0.2) is 94.5 Å². The number of anilines is 2. The molecule has 77 heavy (non-hydrogen) atoms. The number of hydrogen-bond acceptors (Lipinski definition) is 16. The molecule has 1 saturated heterocycles. The van der Waals surface area contributed by atoms with E-state index < -0.39 is 45.2 Å². The number of carbonyl (C=O) groups excluding carboxylic acids is 2. The van der Waals surface area contributed by atoms with Gasteiger partial charge in [-0.3, -0.25) is 19.2 Å². The standard InChI is InChI=1S/C55H71N5O16S/c1-55(2,3)45-33-50(49(61)34-48(45)58-53(65)44-35-56-46-7-5-4-6-42(46)52(44)64)76-31-29-74-27-25-72-23-21-70-19-18-69-20-22-71-24-26-73-28-30-75-40-10-8-38(9-11-40)39-14-16-60(17-15-39)77(67,68)41-12-13-43-47(32-41)57-37-59(54(43)66)36-51(62)63/h4-8,10-13,32-35,38-39,57,61H,9,14-31,36-37H2,1-3H3,(H,56,64)(H,58,65)(H,62,63). The average Bonchev–Trinajstić information content (AvgIpc) is 3.41. The van der Waals surface area contributed by atoms with Gasteiger partial charge in [0.05, 0.1) is 96.4 Å². The lowest BCUT2D eigenvalue weighted by Gasteiger charge is -2.35. The SMILES string of the molecule is CC(C)(C)c1cc(OCCOCCOCCOCCOCCOCCOCCOC2=CCC(C3CCN(S(=O)(=O)c4ccc5c(c4)NCN(CC(=O)O)C5=O)CC3)C=C2)c(O)cc1NC(=O)c1c[nH]c2ccccc2c1=O. The van der Waals surface area contributed by atoms with E-state index in [0.717, 1.165) is 29.9 Å². The smallest absolute Gasteiger partial charge is 0.323 e. The normalized spacial score (nSPS) is 16.2. The molecule has 22 heteroatoms. The number of aliphatic carboxylic acids is 1. The maximum Gasteiger partial charge on any atom is 0.323 e. The van der Waals surface area contributed by atoms with Crippen molar-refractivity contribution < 1.29 is 70.9 Å². The van der Waals surface area contributed by atoms with Gasteiger partial charge in [-0.05, 0) is 90.6 Å². The third kappa shape index (κ3) is 16.6. The Labute approximate surface area is 448 Å². The van der Waals surface area contributed by atoms with Crippen LogP contribution >= 0.6 is 0 Å². The Morgan fingerprint density at radius 1 is 0.779 bits per heavy atom. The molecule has 21 nitrogen and oxygen atoms in total. The Hall–Kier alpha value is -6.37. The summed E-state index contributed by atoms with van der Waals surface area (Å²) in [5.41, 5.74) is 1.45. The van der Waals surface area contributed by atoms with Gasteiger partial charge in [-0.25, -0.2) is 8.42 Å². The summed E-state index contributed by atoms with van der Waals surface area (Å²) in [4.78, 5) is 54.3. The van der Waals surface area contributed by atoms with Gasteiger partial charge in [0, 0.05) is 47.6 Å². The largest absolute Gasteiger partial charge is 0.504 e. The first-order valence-corrected chi connectivity index (χ1v) is 27.3. The lowest BCUT2D eigenvalue weighted by Crippen LogP contribution is -2.43. The zero-order valence-electron chi connectivity index (χ0n) is 43.9. The fourth-order valence-corrected chi connectivity index (χ4v) is 10.6. The second-order valence-electron chi connectivity index (χ2n) is 19.6. The third-order valence-electron chi connectivity index (χ3n) is 13.2. The second-order valence-corrected chi connectivity index (χ2v) is 21.5. The van der Waals surface area contributed by atoms with E-state index in [9.17, 15) is 32.7 Å². The monoisotopic (exact) mass is 1090 g/mol. The lowest BCUT2D eigenvalue weighted by molar-refractivity contribution is -0.137. The number of fused-ring (bicyclic) bond motifs is 2. The molecule has 3 heterocycles. The highest BCUT2D eigenvalue weighted by atomic mass is 32.2. The quantitative estimate of drug-likeness (QED) is 0.0389. The van der Waals surface area contributed by atoms with Gasteiger partial charge in [-0.1, -0.05) is 39.0 Å². The fourth-order valence-electron chi connectivity index (χ4n) is 9.06. The molecule has 1 atom stereocenters. The number of sulfonamides is 1. The number of benzene rings is 3. The molecule has 0 bridgehead atoms. The topological polar surface area (TPSA) is 263 Å². The molecule has 2 amide bonds. The van der Waals surface area contributed by atoms with E-state index in [1.807, 2.05) is 26.8 Å². The van der Waals surface area contributed by atoms with Gasteiger partial charge in [0.2, 0.25) is 15.5 Å². The van der Waals surface area contributed by atoms with Crippen LogP contribution in [0.1, 0.15) is 66.3 Å². The average molecular weight is 1090 g/mol. The molecule has 1 aromatic heterocycles. The predicted molar refractivity (Wildman–Crippen MR) is 286 cm³/mol. The van der Waals surface area contributed by atoms with Gasteiger partial charge in [0.15, 0.2) is 11.5 Å². The van der Waals surface area contributed by atoms with Crippen LogP contribution in [-0.2, 0) is 53.4 Å². The van der Waals surface area contributed by atoms with Crippen LogP contribution in [0.2, 0.25) is 0 Å².